The number of carbonyl (C=O) groups excluding carboxylic acids is 1. The normalized spacial score (nSPS) is 12.2. The molecular weight excluding hydrogens is 211 g/mol. The van der Waals surface area contributed by atoms with Gasteiger partial charge in [0.1, 0.15) is 11.5 Å². The zero-order valence-corrected chi connectivity index (χ0v) is 9.11. The number of aromatic nitrogens is 1. The summed E-state index contributed by atoms with van der Waals surface area (Å²) >= 11 is 0. The molecule has 5 heteroatoms. The second-order valence-corrected chi connectivity index (χ2v) is 3.61. The van der Waals surface area contributed by atoms with Gasteiger partial charge in [-0.2, -0.15) is 0 Å². The lowest BCUT2D eigenvalue weighted by Crippen LogP contribution is -2.25. The van der Waals surface area contributed by atoms with Crippen molar-refractivity contribution >= 4 is 5.91 Å². The lowest BCUT2D eigenvalue weighted by Gasteiger charge is -2.05. The van der Waals surface area contributed by atoms with Crippen LogP contribution in [0, 0.1) is 5.82 Å². The van der Waals surface area contributed by atoms with Crippen molar-refractivity contribution < 1.29 is 14.3 Å². The molecule has 1 amide bonds. The second kappa shape index (κ2) is 6.17. The molecule has 1 aromatic heterocycles. The van der Waals surface area contributed by atoms with Crippen LogP contribution in [0.2, 0.25) is 0 Å². The molecule has 1 unspecified atom stereocenters. The van der Waals surface area contributed by atoms with E-state index in [9.17, 15) is 9.18 Å². The average molecular weight is 226 g/mol. The Hall–Kier alpha value is -1.49. The smallest absolute Gasteiger partial charge is 0.269 e. The third kappa shape index (κ3) is 4.35. The first-order chi connectivity index (χ1) is 7.59. The number of aliphatic hydroxyl groups excluding tert-OH is 1. The van der Waals surface area contributed by atoms with Gasteiger partial charge >= 0.3 is 0 Å². The summed E-state index contributed by atoms with van der Waals surface area (Å²) in [5, 5.41) is 11.6. The molecular formula is C11H15FN2O2. The Kier molecular flexibility index (Phi) is 4.85. The summed E-state index contributed by atoms with van der Waals surface area (Å²) in [6.45, 7) is 2.17. The predicted molar refractivity (Wildman–Crippen MR) is 57.4 cm³/mol. The molecule has 2 N–H and O–H groups in total. The van der Waals surface area contributed by atoms with Crippen LogP contribution < -0.4 is 5.32 Å². The number of carbonyl (C=O) groups is 1. The average Bonchev–Trinajstić information content (AvgIpc) is 2.25. The lowest BCUT2D eigenvalue weighted by molar-refractivity contribution is 0.0944. The lowest BCUT2D eigenvalue weighted by atomic mass is 10.2. The van der Waals surface area contributed by atoms with Crippen molar-refractivity contribution in [3.8, 4) is 0 Å². The zero-order valence-electron chi connectivity index (χ0n) is 9.11. The third-order valence-corrected chi connectivity index (χ3v) is 2.04. The van der Waals surface area contributed by atoms with Gasteiger partial charge in [-0.15, -0.1) is 0 Å². The van der Waals surface area contributed by atoms with Gasteiger partial charge in [-0.3, -0.25) is 4.79 Å². The first kappa shape index (κ1) is 12.6. The minimum Gasteiger partial charge on any atom is -0.393 e. The number of hydrogen-bond donors (Lipinski definition) is 2. The van der Waals surface area contributed by atoms with Gasteiger partial charge < -0.3 is 10.4 Å². The second-order valence-electron chi connectivity index (χ2n) is 3.61. The summed E-state index contributed by atoms with van der Waals surface area (Å²) in [6, 6.07) is 2.52. The summed E-state index contributed by atoms with van der Waals surface area (Å²) in [4.78, 5) is 15.1. The summed E-state index contributed by atoms with van der Waals surface area (Å²) < 4.78 is 12.5. The highest BCUT2D eigenvalue weighted by Crippen LogP contribution is 1.98. The fraction of sp³-hybridized carbons (Fsp3) is 0.455. The Labute approximate surface area is 93.5 Å². The molecule has 88 valence electrons. The molecule has 1 heterocycles. The van der Waals surface area contributed by atoms with Crippen molar-refractivity contribution in [2.45, 2.75) is 25.9 Å². The van der Waals surface area contributed by atoms with E-state index >= 15 is 0 Å². The van der Waals surface area contributed by atoms with E-state index in [1.807, 2.05) is 0 Å². The van der Waals surface area contributed by atoms with Gasteiger partial charge in [-0.25, -0.2) is 9.37 Å². The van der Waals surface area contributed by atoms with Crippen LogP contribution in [0.1, 0.15) is 30.3 Å². The molecule has 0 saturated heterocycles. The van der Waals surface area contributed by atoms with Crippen LogP contribution in [0.25, 0.3) is 0 Å². The maximum absolute atomic E-state index is 12.5. The molecule has 0 aliphatic carbocycles. The Balaban J connectivity index is 2.32. The number of amides is 1. The maximum atomic E-state index is 12.5. The van der Waals surface area contributed by atoms with Crippen LogP contribution in [0.15, 0.2) is 18.3 Å². The van der Waals surface area contributed by atoms with E-state index in [-0.39, 0.29) is 17.7 Å². The van der Waals surface area contributed by atoms with Gasteiger partial charge in [0, 0.05) is 6.54 Å². The Morgan fingerprint density at radius 3 is 2.94 bits per heavy atom. The number of nitrogens with one attached hydrogen (secondary N) is 1. The van der Waals surface area contributed by atoms with Gasteiger partial charge in [0.05, 0.1) is 12.3 Å². The Bertz CT molecular complexity index is 338. The highest BCUT2D eigenvalue weighted by Gasteiger charge is 2.06. The third-order valence-electron chi connectivity index (χ3n) is 2.04. The predicted octanol–water partition coefficient (Wildman–Crippen LogP) is 1.11. The van der Waals surface area contributed by atoms with Crippen molar-refractivity contribution in [1.82, 2.24) is 10.3 Å². The quantitative estimate of drug-likeness (QED) is 0.739. The summed E-state index contributed by atoms with van der Waals surface area (Å²) in [5.41, 5.74) is 0.193. The Morgan fingerprint density at radius 1 is 1.62 bits per heavy atom. The summed E-state index contributed by atoms with van der Waals surface area (Å²) in [7, 11) is 0. The number of hydrogen-bond acceptors (Lipinski definition) is 3. The van der Waals surface area contributed by atoms with Crippen molar-refractivity contribution in [3.05, 3.63) is 29.8 Å². The molecule has 1 rings (SSSR count). The molecule has 0 radical (unpaired) electrons. The molecule has 0 spiro atoms. The monoisotopic (exact) mass is 226 g/mol. The van der Waals surface area contributed by atoms with Crippen molar-refractivity contribution in [2.75, 3.05) is 6.54 Å². The number of aliphatic hydroxyl groups is 1. The molecule has 0 fully saturated rings. The minimum atomic E-state index is -0.467. The first-order valence-electron chi connectivity index (χ1n) is 5.17. The van der Waals surface area contributed by atoms with Crippen LogP contribution in [-0.2, 0) is 0 Å². The number of pyridine rings is 1. The fourth-order valence-electron chi connectivity index (χ4n) is 1.20. The molecule has 0 aliphatic rings. The molecule has 0 aliphatic heterocycles. The highest BCUT2D eigenvalue weighted by molar-refractivity contribution is 5.92. The van der Waals surface area contributed by atoms with E-state index in [4.69, 9.17) is 5.11 Å². The maximum Gasteiger partial charge on any atom is 0.269 e. The van der Waals surface area contributed by atoms with E-state index in [0.29, 0.717) is 19.4 Å². The van der Waals surface area contributed by atoms with Gasteiger partial charge in [0.2, 0.25) is 0 Å². The standard InChI is InChI=1S/C11H15FN2O2/c1-8(15)3-2-6-13-11(16)10-5-4-9(12)7-14-10/h4-5,7-8,15H,2-3,6H2,1H3,(H,13,16). The Morgan fingerprint density at radius 2 is 2.38 bits per heavy atom. The number of halogens is 1. The molecule has 0 saturated carbocycles. The minimum absolute atomic E-state index is 0.193. The van der Waals surface area contributed by atoms with Gasteiger partial charge in [-0.1, -0.05) is 0 Å². The van der Waals surface area contributed by atoms with E-state index in [0.717, 1.165) is 6.20 Å². The summed E-state index contributed by atoms with van der Waals surface area (Å²) in [5.74, 6) is -0.795. The van der Waals surface area contributed by atoms with E-state index in [1.165, 1.54) is 12.1 Å². The SMILES string of the molecule is CC(O)CCCNC(=O)c1ccc(F)cn1. The number of nitrogens with zero attached hydrogens (tertiary/aromatic N) is 1. The highest BCUT2D eigenvalue weighted by atomic mass is 19.1. The van der Waals surface area contributed by atoms with Crippen LogP contribution >= 0.6 is 0 Å². The molecule has 1 atom stereocenters. The van der Waals surface area contributed by atoms with Gasteiger partial charge in [0.15, 0.2) is 0 Å². The molecule has 4 nitrogen and oxygen atoms in total. The van der Waals surface area contributed by atoms with E-state index in [2.05, 4.69) is 10.3 Å². The summed E-state index contributed by atoms with van der Waals surface area (Å²) in [6.07, 6.45) is 1.98. The van der Waals surface area contributed by atoms with E-state index < -0.39 is 5.82 Å². The first-order valence-corrected chi connectivity index (χ1v) is 5.17. The van der Waals surface area contributed by atoms with E-state index in [1.54, 1.807) is 6.92 Å². The largest absolute Gasteiger partial charge is 0.393 e. The van der Waals surface area contributed by atoms with Crippen LogP contribution in [0.4, 0.5) is 4.39 Å². The van der Waals surface area contributed by atoms with Gasteiger partial charge in [0.25, 0.3) is 5.91 Å². The molecule has 0 bridgehead atoms. The van der Waals surface area contributed by atoms with Crippen molar-refractivity contribution in [3.63, 3.8) is 0 Å². The van der Waals surface area contributed by atoms with Crippen LogP contribution in [0.3, 0.4) is 0 Å². The van der Waals surface area contributed by atoms with Crippen molar-refractivity contribution in [1.29, 1.82) is 0 Å². The fourth-order valence-corrected chi connectivity index (χ4v) is 1.20. The molecule has 1 aromatic rings. The van der Waals surface area contributed by atoms with Crippen LogP contribution in [0.5, 0.6) is 0 Å². The number of rotatable bonds is 5. The topological polar surface area (TPSA) is 62.2 Å². The van der Waals surface area contributed by atoms with Crippen molar-refractivity contribution in [2.24, 2.45) is 0 Å². The zero-order chi connectivity index (χ0) is 12.0. The van der Waals surface area contributed by atoms with Crippen LogP contribution in [-0.4, -0.2) is 28.6 Å². The van der Waals surface area contributed by atoms with Gasteiger partial charge in [-0.05, 0) is 31.9 Å². The molecule has 16 heavy (non-hydrogen) atoms. The molecule has 0 aromatic carbocycles.